The maximum absolute atomic E-state index is 11.2. The van der Waals surface area contributed by atoms with E-state index in [1.807, 2.05) is 0 Å². The van der Waals surface area contributed by atoms with E-state index in [0.717, 1.165) is 6.42 Å². The number of urea groups is 1. The smallest absolute Gasteiger partial charge is 0.321 e. The van der Waals surface area contributed by atoms with Crippen LogP contribution in [0.1, 0.15) is 20.3 Å². The quantitative estimate of drug-likeness (QED) is 0.682. The van der Waals surface area contributed by atoms with Gasteiger partial charge in [0, 0.05) is 6.04 Å². The van der Waals surface area contributed by atoms with Crippen LogP contribution in [0.15, 0.2) is 0 Å². The van der Waals surface area contributed by atoms with Crippen LogP contribution in [0, 0.1) is 11.8 Å². The van der Waals surface area contributed by atoms with Crippen molar-refractivity contribution in [2.24, 2.45) is 11.8 Å². The zero-order chi connectivity index (χ0) is 10.7. The Hall–Kier alpha value is -0.770. The van der Waals surface area contributed by atoms with Crippen LogP contribution in [0.3, 0.4) is 0 Å². The van der Waals surface area contributed by atoms with Gasteiger partial charge in [-0.15, -0.1) is 11.6 Å². The second-order valence-electron chi connectivity index (χ2n) is 3.83. The van der Waals surface area contributed by atoms with E-state index >= 15 is 0 Å². The van der Waals surface area contributed by atoms with Gasteiger partial charge in [-0.3, -0.25) is 10.1 Å². The second-order valence-corrected chi connectivity index (χ2v) is 4.10. The third kappa shape index (κ3) is 2.61. The third-order valence-electron chi connectivity index (χ3n) is 2.85. The monoisotopic (exact) mass is 218 g/mol. The van der Waals surface area contributed by atoms with Gasteiger partial charge in [-0.1, -0.05) is 13.8 Å². The van der Waals surface area contributed by atoms with Crippen LogP contribution in [-0.2, 0) is 4.79 Å². The number of carbonyl (C=O) groups is 2. The number of hydrogen-bond donors (Lipinski definition) is 2. The number of rotatable bonds is 2. The zero-order valence-corrected chi connectivity index (χ0v) is 9.10. The van der Waals surface area contributed by atoms with Gasteiger partial charge in [0.05, 0.1) is 0 Å². The van der Waals surface area contributed by atoms with Crippen molar-refractivity contribution in [3.8, 4) is 0 Å². The molecule has 0 spiro atoms. The average Bonchev–Trinajstić information content (AvgIpc) is 2.16. The van der Waals surface area contributed by atoms with Crippen LogP contribution < -0.4 is 10.6 Å². The second kappa shape index (κ2) is 4.64. The summed E-state index contributed by atoms with van der Waals surface area (Å²) in [5.74, 6) is 0.462. The van der Waals surface area contributed by atoms with Gasteiger partial charge in [-0.2, -0.15) is 0 Å². The molecule has 1 rings (SSSR count). The topological polar surface area (TPSA) is 58.2 Å². The minimum atomic E-state index is -0.468. The number of nitrogens with one attached hydrogen (secondary N) is 2. The van der Waals surface area contributed by atoms with Gasteiger partial charge < -0.3 is 5.32 Å². The van der Waals surface area contributed by atoms with E-state index in [4.69, 9.17) is 11.6 Å². The highest BCUT2D eigenvalue weighted by atomic mass is 35.5. The van der Waals surface area contributed by atoms with Gasteiger partial charge in [0.1, 0.15) is 5.88 Å². The fourth-order valence-electron chi connectivity index (χ4n) is 1.59. The van der Waals surface area contributed by atoms with E-state index in [1.54, 1.807) is 0 Å². The number of alkyl halides is 1. The first-order valence-electron chi connectivity index (χ1n) is 4.71. The highest BCUT2D eigenvalue weighted by molar-refractivity contribution is 6.28. The standard InChI is InChI=1S/C9H15ClN2O2/c1-5-3-7(6(5)2)11-9(14)12-8(13)4-10/h5-7H,3-4H2,1-2H3,(H2,11,12,13,14). The van der Waals surface area contributed by atoms with Crippen molar-refractivity contribution < 1.29 is 9.59 Å². The molecule has 0 heterocycles. The first kappa shape index (κ1) is 11.3. The van der Waals surface area contributed by atoms with Gasteiger partial charge in [0.15, 0.2) is 0 Å². The summed E-state index contributed by atoms with van der Waals surface area (Å²) in [5.41, 5.74) is 0. The maximum atomic E-state index is 11.2. The lowest BCUT2D eigenvalue weighted by atomic mass is 9.71. The maximum Gasteiger partial charge on any atom is 0.321 e. The van der Waals surface area contributed by atoms with E-state index in [9.17, 15) is 9.59 Å². The lowest BCUT2D eigenvalue weighted by Crippen LogP contribution is -2.54. The molecule has 0 aromatic carbocycles. The van der Waals surface area contributed by atoms with Crippen LogP contribution >= 0.6 is 11.6 Å². The van der Waals surface area contributed by atoms with Crippen molar-refractivity contribution in [3.05, 3.63) is 0 Å². The van der Waals surface area contributed by atoms with Crippen molar-refractivity contribution in [3.63, 3.8) is 0 Å². The predicted octanol–water partition coefficient (Wildman–Crippen LogP) is 1.10. The number of carbonyl (C=O) groups excluding carboxylic acids is 2. The Morgan fingerprint density at radius 3 is 2.50 bits per heavy atom. The van der Waals surface area contributed by atoms with Crippen molar-refractivity contribution in [2.45, 2.75) is 26.3 Å². The van der Waals surface area contributed by atoms with Gasteiger partial charge in [-0.05, 0) is 18.3 Å². The zero-order valence-electron chi connectivity index (χ0n) is 8.34. The molecule has 1 aliphatic rings. The Morgan fingerprint density at radius 2 is 2.07 bits per heavy atom. The Bertz CT molecular complexity index is 245. The van der Waals surface area contributed by atoms with Gasteiger partial charge in [-0.25, -0.2) is 4.79 Å². The normalized spacial score (nSPS) is 30.4. The minimum absolute atomic E-state index is 0.188. The number of hydrogen-bond acceptors (Lipinski definition) is 2. The molecule has 0 aromatic rings. The summed E-state index contributed by atoms with van der Waals surface area (Å²) in [4.78, 5) is 21.9. The fraction of sp³-hybridized carbons (Fsp3) is 0.778. The molecule has 14 heavy (non-hydrogen) atoms. The SMILES string of the molecule is CC1CC(NC(=O)NC(=O)CCl)C1C. The van der Waals surface area contributed by atoms with Crippen molar-refractivity contribution in [1.82, 2.24) is 10.6 Å². The summed E-state index contributed by atoms with van der Waals surface area (Å²) in [6, 6.07) is -0.257. The predicted molar refractivity (Wildman–Crippen MR) is 54.1 cm³/mol. The van der Waals surface area contributed by atoms with Crippen LogP contribution in [0.5, 0.6) is 0 Å². The summed E-state index contributed by atoms with van der Waals surface area (Å²) in [6.45, 7) is 4.23. The molecular formula is C9H15ClN2O2. The molecule has 0 aliphatic heterocycles. The van der Waals surface area contributed by atoms with E-state index < -0.39 is 11.9 Å². The fourth-order valence-corrected chi connectivity index (χ4v) is 1.65. The minimum Gasteiger partial charge on any atom is -0.335 e. The molecule has 0 aromatic heterocycles. The highest BCUT2D eigenvalue weighted by Gasteiger charge is 2.35. The summed E-state index contributed by atoms with van der Waals surface area (Å²) >= 11 is 5.24. The van der Waals surface area contributed by atoms with Gasteiger partial charge in [0.2, 0.25) is 5.91 Å². The van der Waals surface area contributed by atoms with Crippen LogP contribution in [0.2, 0.25) is 0 Å². The molecule has 80 valence electrons. The molecular weight excluding hydrogens is 204 g/mol. The summed E-state index contributed by atoms with van der Waals surface area (Å²) in [5, 5.41) is 4.88. The van der Waals surface area contributed by atoms with E-state index in [1.165, 1.54) is 0 Å². The number of imide groups is 1. The summed E-state index contributed by atoms with van der Waals surface area (Å²) < 4.78 is 0. The molecule has 4 nitrogen and oxygen atoms in total. The Balaban J connectivity index is 2.25. The van der Waals surface area contributed by atoms with Crippen molar-refractivity contribution >= 4 is 23.5 Å². The Labute approximate surface area is 88.4 Å². The van der Waals surface area contributed by atoms with Crippen LogP contribution in [-0.4, -0.2) is 23.9 Å². The van der Waals surface area contributed by atoms with E-state index in [2.05, 4.69) is 24.5 Å². The molecule has 0 radical (unpaired) electrons. The molecule has 1 saturated carbocycles. The number of halogens is 1. The van der Waals surface area contributed by atoms with E-state index in [0.29, 0.717) is 11.8 Å². The Morgan fingerprint density at radius 1 is 1.43 bits per heavy atom. The lowest BCUT2D eigenvalue weighted by Gasteiger charge is -2.40. The summed E-state index contributed by atoms with van der Waals surface area (Å²) in [7, 11) is 0. The molecule has 3 atom stereocenters. The summed E-state index contributed by atoms with van der Waals surface area (Å²) in [6.07, 6.45) is 0.976. The van der Waals surface area contributed by atoms with Gasteiger partial charge in [0.25, 0.3) is 0 Å². The average molecular weight is 219 g/mol. The first-order chi connectivity index (χ1) is 6.54. The first-order valence-corrected chi connectivity index (χ1v) is 5.24. The van der Waals surface area contributed by atoms with Crippen LogP contribution in [0.25, 0.3) is 0 Å². The van der Waals surface area contributed by atoms with Crippen molar-refractivity contribution in [1.29, 1.82) is 0 Å². The molecule has 5 heteroatoms. The van der Waals surface area contributed by atoms with Crippen molar-refractivity contribution in [2.75, 3.05) is 5.88 Å². The highest BCUT2D eigenvalue weighted by Crippen LogP contribution is 2.33. The largest absolute Gasteiger partial charge is 0.335 e. The van der Waals surface area contributed by atoms with Crippen LogP contribution in [0.4, 0.5) is 4.79 Å². The molecule has 3 unspecified atom stereocenters. The number of amides is 3. The molecule has 3 amide bonds. The van der Waals surface area contributed by atoms with Gasteiger partial charge >= 0.3 is 6.03 Å². The Kier molecular flexibility index (Phi) is 3.75. The molecule has 1 aliphatic carbocycles. The molecule has 0 saturated heterocycles. The lowest BCUT2D eigenvalue weighted by molar-refractivity contribution is -0.117. The van der Waals surface area contributed by atoms with E-state index in [-0.39, 0.29) is 11.9 Å². The third-order valence-corrected chi connectivity index (χ3v) is 3.09. The molecule has 0 bridgehead atoms. The molecule has 2 N–H and O–H groups in total. The molecule has 1 fully saturated rings.